The summed E-state index contributed by atoms with van der Waals surface area (Å²) in [6, 6.07) is 5.41. The molecule has 0 unspecified atom stereocenters. The van der Waals surface area contributed by atoms with Gasteiger partial charge in [-0.05, 0) is 37.2 Å². The summed E-state index contributed by atoms with van der Waals surface area (Å²) in [6.07, 6.45) is 4.95. The van der Waals surface area contributed by atoms with Gasteiger partial charge in [0.05, 0.1) is 5.57 Å². The van der Waals surface area contributed by atoms with E-state index in [4.69, 9.17) is 16.3 Å². The second kappa shape index (κ2) is 6.33. The number of amides is 1. The van der Waals surface area contributed by atoms with Crippen LogP contribution >= 0.6 is 11.6 Å². The van der Waals surface area contributed by atoms with Crippen LogP contribution < -0.4 is 15.4 Å². The van der Waals surface area contributed by atoms with Gasteiger partial charge in [-0.2, -0.15) is 0 Å². The van der Waals surface area contributed by atoms with Crippen molar-refractivity contribution < 1.29 is 9.53 Å². The number of nitrogens with one attached hydrogen (secondary N) is 2. The maximum absolute atomic E-state index is 12.2. The molecule has 0 atom stereocenters. The lowest BCUT2D eigenvalue weighted by molar-refractivity contribution is -0.117. The van der Waals surface area contributed by atoms with Crippen molar-refractivity contribution >= 4 is 23.6 Å². The van der Waals surface area contributed by atoms with Crippen molar-refractivity contribution in [2.45, 2.75) is 6.42 Å². The molecule has 0 fully saturated rings. The van der Waals surface area contributed by atoms with Gasteiger partial charge in [-0.1, -0.05) is 23.3 Å². The van der Waals surface area contributed by atoms with Gasteiger partial charge in [-0.15, -0.1) is 0 Å². The second-order valence-electron chi connectivity index (χ2n) is 5.14. The van der Waals surface area contributed by atoms with Crippen LogP contribution in [0.1, 0.15) is 12.0 Å². The number of hydrogen-bond donors (Lipinski definition) is 2. The van der Waals surface area contributed by atoms with Gasteiger partial charge in [-0.3, -0.25) is 4.79 Å². The van der Waals surface area contributed by atoms with E-state index in [2.05, 4.69) is 16.7 Å². The predicted molar refractivity (Wildman–Crippen MR) is 83.5 cm³/mol. The average Bonchev–Trinajstić information content (AvgIpc) is 2.53. The minimum atomic E-state index is -0.0833. The minimum absolute atomic E-state index is 0.0833. The Morgan fingerprint density at radius 3 is 3.14 bits per heavy atom. The zero-order valence-corrected chi connectivity index (χ0v) is 12.4. The van der Waals surface area contributed by atoms with E-state index in [0.29, 0.717) is 23.7 Å². The van der Waals surface area contributed by atoms with Crippen molar-refractivity contribution in [3.63, 3.8) is 0 Å². The molecule has 0 bridgehead atoms. The van der Waals surface area contributed by atoms with Crippen molar-refractivity contribution in [1.29, 1.82) is 0 Å². The molecule has 4 nitrogen and oxygen atoms in total. The Balaban J connectivity index is 1.66. The summed E-state index contributed by atoms with van der Waals surface area (Å²) in [5, 5.41) is 6.83. The summed E-state index contributed by atoms with van der Waals surface area (Å²) in [5.74, 6) is 0.678. The molecule has 2 aliphatic rings. The van der Waals surface area contributed by atoms with E-state index in [-0.39, 0.29) is 5.91 Å². The summed E-state index contributed by atoms with van der Waals surface area (Å²) in [6.45, 7) is 2.74. The van der Waals surface area contributed by atoms with Crippen LogP contribution in [0.2, 0.25) is 5.02 Å². The van der Waals surface area contributed by atoms with Crippen LogP contribution in [-0.2, 0) is 4.79 Å². The molecule has 2 heterocycles. The quantitative estimate of drug-likeness (QED) is 0.841. The zero-order chi connectivity index (χ0) is 14.7. The average molecular weight is 305 g/mol. The van der Waals surface area contributed by atoms with E-state index in [9.17, 15) is 4.79 Å². The van der Waals surface area contributed by atoms with Crippen LogP contribution in [0, 0.1) is 0 Å². The number of benzene rings is 1. The third kappa shape index (κ3) is 3.46. The lowest BCUT2D eigenvalue weighted by atomic mass is 10.1. The van der Waals surface area contributed by atoms with Crippen LogP contribution in [0.25, 0.3) is 6.08 Å². The summed E-state index contributed by atoms with van der Waals surface area (Å²) >= 11 is 5.97. The first-order chi connectivity index (χ1) is 10.2. The van der Waals surface area contributed by atoms with Gasteiger partial charge < -0.3 is 15.4 Å². The first-order valence-electron chi connectivity index (χ1n) is 7.02. The van der Waals surface area contributed by atoms with E-state index < -0.39 is 0 Å². The van der Waals surface area contributed by atoms with E-state index in [1.165, 1.54) is 5.57 Å². The largest absolute Gasteiger partial charge is 0.488 e. The van der Waals surface area contributed by atoms with Crippen LogP contribution in [-0.4, -0.2) is 32.1 Å². The Morgan fingerprint density at radius 1 is 1.43 bits per heavy atom. The molecule has 110 valence electrons. The lowest BCUT2D eigenvalue weighted by Gasteiger charge is -2.19. The molecule has 0 radical (unpaired) electrons. The van der Waals surface area contributed by atoms with Crippen LogP contribution in [0.3, 0.4) is 0 Å². The van der Waals surface area contributed by atoms with E-state index in [0.717, 1.165) is 30.8 Å². The van der Waals surface area contributed by atoms with Crippen molar-refractivity contribution in [3.05, 3.63) is 46.0 Å². The zero-order valence-electron chi connectivity index (χ0n) is 11.6. The Morgan fingerprint density at radius 2 is 2.33 bits per heavy atom. The Labute approximate surface area is 128 Å². The number of hydrogen-bond acceptors (Lipinski definition) is 3. The minimum Gasteiger partial charge on any atom is -0.488 e. The lowest BCUT2D eigenvalue weighted by Crippen LogP contribution is -2.32. The fourth-order valence-corrected chi connectivity index (χ4v) is 2.60. The fourth-order valence-electron chi connectivity index (χ4n) is 2.42. The highest BCUT2D eigenvalue weighted by molar-refractivity contribution is 6.30. The van der Waals surface area contributed by atoms with Crippen molar-refractivity contribution in [1.82, 2.24) is 10.6 Å². The molecule has 2 N–H and O–H groups in total. The molecule has 2 aliphatic heterocycles. The Hall–Kier alpha value is -1.78. The number of ether oxygens (including phenoxy) is 1. The molecule has 0 saturated heterocycles. The maximum Gasteiger partial charge on any atom is 0.250 e. The molecule has 5 heteroatoms. The van der Waals surface area contributed by atoms with Crippen LogP contribution in [0.15, 0.2) is 35.4 Å². The third-order valence-corrected chi connectivity index (χ3v) is 3.85. The Bertz CT molecular complexity index is 623. The SMILES string of the molecule is O=C(NCC1=CCNCC1)C1=Cc2cc(Cl)ccc2OC1. The summed E-state index contributed by atoms with van der Waals surface area (Å²) in [4.78, 5) is 12.2. The first-order valence-corrected chi connectivity index (χ1v) is 7.40. The molecular weight excluding hydrogens is 288 g/mol. The van der Waals surface area contributed by atoms with Gasteiger partial charge in [0.1, 0.15) is 12.4 Å². The van der Waals surface area contributed by atoms with Gasteiger partial charge in [0.15, 0.2) is 0 Å². The molecule has 0 saturated carbocycles. The maximum atomic E-state index is 12.2. The molecule has 1 aromatic rings. The number of fused-ring (bicyclic) bond motifs is 1. The molecule has 1 amide bonds. The monoisotopic (exact) mass is 304 g/mol. The van der Waals surface area contributed by atoms with E-state index in [1.807, 2.05) is 12.1 Å². The number of rotatable bonds is 3. The van der Waals surface area contributed by atoms with E-state index in [1.54, 1.807) is 12.1 Å². The highest BCUT2D eigenvalue weighted by Crippen LogP contribution is 2.28. The summed E-state index contributed by atoms with van der Waals surface area (Å²) < 4.78 is 5.59. The Kier molecular flexibility index (Phi) is 4.27. The molecule has 1 aromatic carbocycles. The molecule has 3 rings (SSSR count). The predicted octanol–water partition coefficient (Wildman–Crippen LogP) is 2.15. The number of halogens is 1. The van der Waals surface area contributed by atoms with Gasteiger partial charge in [0.2, 0.25) is 0 Å². The van der Waals surface area contributed by atoms with E-state index >= 15 is 0 Å². The van der Waals surface area contributed by atoms with Gasteiger partial charge in [0, 0.05) is 23.7 Å². The highest BCUT2D eigenvalue weighted by Gasteiger charge is 2.17. The van der Waals surface area contributed by atoms with Gasteiger partial charge in [0.25, 0.3) is 5.91 Å². The number of carbonyl (C=O) groups excluding carboxylic acids is 1. The van der Waals surface area contributed by atoms with Crippen molar-refractivity contribution in [3.8, 4) is 5.75 Å². The molecule has 0 aromatic heterocycles. The third-order valence-electron chi connectivity index (χ3n) is 3.61. The smallest absolute Gasteiger partial charge is 0.250 e. The fraction of sp³-hybridized carbons (Fsp3) is 0.312. The molecule has 0 spiro atoms. The normalized spacial score (nSPS) is 17.2. The highest BCUT2D eigenvalue weighted by atomic mass is 35.5. The van der Waals surface area contributed by atoms with Gasteiger partial charge in [-0.25, -0.2) is 0 Å². The van der Waals surface area contributed by atoms with Gasteiger partial charge >= 0.3 is 0 Å². The molecule has 21 heavy (non-hydrogen) atoms. The summed E-state index contributed by atoms with van der Waals surface area (Å²) in [7, 11) is 0. The van der Waals surface area contributed by atoms with Crippen molar-refractivity contribution in [2.24, 2.45) is 0 Å². The topological polar surface area (TPSA) is 50.4 Å². The van der Waals surface area contributed by atoms with Crippen molar-refractivity contribution in [2.75, 3.05) is 26.2 Å². The first kappa shape index (κ1) is 14.2. The van der Waals surface area contributed by atoms with Crippen LogP contribution in [0.4, 0.5) is 0 Å². The summed E-state index contributed by atoms with van der Waals surface area (Å²) in [5.41, 5.74) is 2.74. The number of carbonyl (C=O) groups is 1. The molecule has 0 aliphatic carbocycles. The molecular formula is C16H17ClN2O2. The standard InChI is InChI=1S/C16H17ClN2O2/c17-14-1-2-15-12(8-14)7-13(10-21-15)16(20)19-9-11-3-5-18-6-4-11/h1-3,7-8,18H,4-6,9-10H2,(H,19,20). The van der Waals surface area contributed by atoms with Crippen LogP contribution in [0.5, 0.6) is 5.75 Å². The second-order valence-corrected chi connectivity index (χ2v) is 5.58.